The van der Waals surface area contributed by atoms with Crippen LogP contribution in [0.5, 0.6) is 0 Å². The highest BCUT2D eigenvalue weighted by Gasteiger charge is 2.30. The molecular weight excluding hydrogens is 219 g/mol. The van der Waals surface area contributed by atoms with Crippen molar-refractivity contribution in [2.75, 3.05) is 32.7 Å². The van der Waals surface area contributed by atoms with Crippen LogP contribution in [0.25, 0.3) is 0 Å². The topological polar surface area (TPSA) is 6.48 Å². The molecule has 0 N–H and O–H groups in total. The molecule has 3 heteroatoms. The summed E-state index contributed by atoms with van der Waals surface area (Å²) in [5, 5.41) is 0. The first kappa shape index (κ1) is 13.6. The van der Waals surface area contributed by atoms with Crippen LogP contribution in [-0.4, -0.2) is 50.4 Å². The van der Waals surface area contributed by atoms with E-state index in [0.717, 1.165) is 39.0 Å². The molecule has 0 atom stereocenters. The van der Waals surface area contributed by atoms with Crippen LogP contribution in [0.4, 0.5) is 0 Å². The Labute approximate surface area is 112 Å². The molecule has 2 nitrogen and oxygen atoms in total. The van der Waals surface area contributed by atoms with E-state index in [-0.39, 0.29) is 5.54 Å². The molecule has 1 aromatic carbocycles. The number of benzene rings is 1. The minimum atomic E-state index is 0.121. The summed E-state index contributed by atoms with van der Waals surface area (Å²) in [7, 11) is 5.62. The average Bonchev–Trinajstić information content (AvgIpc) is 2.41. The van der Waals surface area contributed by atoms with Gasteiger partial charge in [0, 0.05) is 31.7 Å². The fourth-order valence-corrected chi connectivity index (χ4v) is 2.74. The Hall–Kier alpha value is -0.795. The van der Waals surface area contributed by atoms with Gasteiger partial charge in [-0.1, -0.05) is 36.7 Å². The van der Waals surface area contributed by atoms with Gasteiger partial charge in [-0.25, -0.2) is 0 Å². The lowest BCUT2D eigenvalue weighted by atomic mass is 9.91. The fraction of sp³-hybridized carbons (Fsp3) is 0.600. The molecule has 0 spiro atoms. The molecule has 0 aromatic heterocycles. The van der Waals surface area contributed by atoms with Gasteiger partial charge in [0.2, 0.25) is 0 Å². The zero-order valence-electron chi connectivity index (χ0n) is 11.6. The van der Waals surface area contributed by atoms with Crippen molar-refractivity contribution in [1.29, 1.82) is 0 Å². The lowest BCUT2D eigenvalue weighted by molar-refractivity contribution is 0.0527. The summed E-state index contributed by atoms with van der Waals surface area (Å²) in [6.07, 6.45) is 0.766. The standard InChI is InChI=1S/C15H23BN2/c1-15(2,14-6-4-3-5-7-14)18-12-10-17(9-8-16)11-13-18/h3-7H,8-13H2,1-2H3. The zero-order valence-corrected chi connectivity index (χ0v) is 11.6. The van der Waals surface area contributed by atoms with Crippen molar-refractivity contribution in [3.63, 3.8) is 0 Å². The van der Waals surface area contributed by atoms with Crippen LogP contribution < -0.4 is 0 Å². The third-order valence-electron chi connectivity index (χ3n) is 4.09. The minimum absolute atomic E-state index is 0.121. The van der Waals surface area contributed by atoms with Crippen molar-refractivity contribution in [3.8, 4) is 0 Å². The van der Waals surface area contributed by atoms with Crippen LogP contribution in [0.3, 0.4) is 0 Å². The second-order valence-electron chi connectivity index (χ2n) is 5.54. The molecule has 0 amide bonds. The largest absolute Gasteiger partial charge is 0.302 e. The maximum atomic E-state index is 5.62. The van der Waals surface area contributed by atoms with Crippen molar-refractivity contribution < 1.29 is 0 Å². The third kappa shape index (κ3) is 2.96. The predicted molar refractivity (Wildman–Crippen MR) is 78.0 cm³/mol. The SMILES string of the molecule is [B]CCN1CCN(C(C)(C)c2ccccc2)CC1. The van der Waals surface area contributed by atoms with Crippen LogP contribution in [0, 0.1) is 0 Å². The smallest absolute Gasteiger partial charge is 0.0670 e. The maximum Gasteiger partial charge on any atom is 0.0670 e. The molecule has 1 heterocycles. The van der Waals surface area contributed by atoms with Crippen molar-refractivity contribution in [2.24, 2.45) is 0 Å². The maximum absolute atomic E-state index is 5.62. The second-order valence-corrected chi connectivity index (χ2v) is 5.54. The molecule has 0 bridgehead atoms. The van der Waals surface area contributed by atoms with Crippen LogP contribution in [0.15, 0.2) is 30.3 Å². The average molecular weight is 242 g/mol. The van der Waals surface area contributed by atoms with E-state index in [0.29, 0.717) is 0 Å². The first-order chi connectivity index (χ1) is 8.64. The van der Waals surface area contributed by atoms with E-state index in [2.05, 4.69) is 54.0 Å². The minimum Gasteiger partial charge on any atom is -0.302 e. The van der Waals surface area contributed by atoms with E-state index >= 15 is 0 Å². The molecule has 1 aromatic rings. The first-order valence-electron chi connectivity index (χ1n) is 6.87. The molecule has 96 valence electrons. The fourth-order valence-electron chi connectivity index (χ4n) is 2.74. The Morgan fingerprint density at radius 1 is 1.06 bits per heavy atom. The Bertz CT molecular complexity index is 356. The van der Waals surface area contributed by atoms with E-state index in [9.17, 15) is 0 Å². The van der Waals surface area contributed by atoms with Crippen LogP contribution >= 0.6 is 0 Å². The monoisotopic (exact) mass is 242 g/mol. The number of hydrogen-bond donors (Lipinski definition) is 0. The Morgan fingerprint density at radius 3 is 2.22 bits per heavy atom. The summed E-state index contributed by atoms with van der Waals surface area (Å²) in [6, 6.07) is 10.8. The van der Waals surface area contributed by atoms with Crippen molar-refractivity contribution in [2.45, 2.75) is 25.7 Å². The van der Waals surface area contributed by atoms with Crippen LogP contribution in [0.2, 0.25) is 6.32 Å². The van der Waals surface area contributed by atoms with E-state index < -0.39 is 0 Å². The van der Waals surface area contributed by atoms with Gasteiger partial charge in [0.15, 0.2) is 0 Å². The van der Waals surface area contributed by atoms with Gasteiger partial charge in [0.1, 0.15) is 0 Å². The van der Waals surface area contributed by atoms with E-state index in [1.807, 2.05) is 0 Å². The van der Waals surface area contributed by atoms with Crippen molar-refractivity contribution >= 4 is 7.85 Å². The Morgan fingerprint density at radius 2 is 1.67 bits per heavy atom. The normalized spacial score (nSPS) is 19.0. The van der Waals surface area contributed by atoms with Gasteiger partial charge >= 0.3 is 0 Å². The quantitative estimate of drug-likeness (QED) is 0.746. The Balaban J connectivity index is 2.00. The number of rotatable bonds is 4. The van der Waals surface area contributed by atoms with Gasteiger partial charge in [-0.3, -0.25) is 4.90 Å². The summed E-state index contributed by atoms with van der Waals surface area (Å²) in [5.41, 5.74) is 1.52. The van der Waals surface area contributed by atoms with Gasteiger partial charge in [-0.15, -0.1) is 0 Å². The highest BCUT2D eigenvalue weighted by Crippen LogP contribution is 2.28. The predicted octanol–water partition coefficient (Wildman–Crippen LogP) is 2.13. The molecule has 2 rings (SSSR count). The van der Waals surface area contributed by atoms with Gasteiger partial charge in [-0.2, -0.15) is 0 Å². The summed E-state index contributed by atoms with van der Waals surface area (Å²) in [6.45, 7) is 10.2. The molecule has 18 heavy (non-hydrogen) atoms. The van der Waals surface area contributed by atoms with E-state index in [1.165, 1.54) is 5.56 Å². The molecule has 0 saturated carbocycles. The molecule has 1 aliphatic heterocycles. The number of hydrogen-bond acceptors (Lipinski definition) is 2. The number of nitrogens with zero attached hydrogens (tertiary/aromatic N) is 2. The lowest BCUT2D eigenvalue weighted by Gasteiger charge is -2.44. The highest BCUT2D eigenvalue weighted by atomic mass is 15.3. The van der Waals surface area contributed by atoms with Gasteiger partial charge < -0.3 is 4.90 Å². The third-order valence-corrected chi connectivity index (χ3v) is 4.09. The molecule has 1 fully saturated rings. The summed E-state index contributed by atoms with van der Waals surface area (Å²) in [4.78, 5) is 5.03. The lowest BCUT2D eigenvalue weighted by Crippen LogP contribution is -2.53. The molecule has 0 aliphatic carbocycles. The number of piperazine rings is 1. The Kier molecular flexibility index (Phi) is 4.47. The second kappa shape index (κ2) is 5.90. The van der Waals surface area contributed by atoms with Crippen LogP contribution in [0.1, 0.15) is 19.4 Å². The van der Waals surface area contributed by atoms with Gasteiger partial charge in [-0.05, 0) is 26.0 Å². The molecule has 2 radical (unpaired) electrons. The van der Waals surface area contributed by atoms with Gasteiger partial charge in [0.05, 0.1) is 7.85 Å². The summed E-state index contributed by atoms with van der Waals surface area (Å²) < 4.78 is 0. The van der Waals surface area contributed by atoms with Crippen molar-refractivity contribution in [1.82, 2.24) is 9.80 Å². The first-order valence-corrected chi connectivity index (χ1v) is 6.87. The summed E-state index contributed by atoms with van der Waals surface area (Å²) >= 11 is 0. The molecule has 1 aliphatic rings. The van der Waals surface area contributed by atoms with Crippen molar-refractivity contribution in [3.05, 3.63) is 35.9 Å². The summed E-state index contributed by atoms with van der Waals surface area (Å²) in [5.74, 6) is 0. The van der Waals surface area contributed by atoms with Crippen LogP contribution in [-0.2, 0) is 5.54 Å². The molecule has 1 saturated heterocycles. The zero-order chi connectivity index (χ0) is 13.0. The van der Waals surface area contributed by atoms with E-state index in [4.69, 9.17) is 7.85 Å². The molecular formula is C15H23BN2. The molecule has 0 unspecified atom stereocenters. The van der Waals surface area contributed by atoms with Gasteiger partial charge in [0.25, 0.3) is 0 Å². The van der Waals surface area contributed by atoms with E-state index in [1.54, 1.807) is 0 Å². The highest BCUT2D eigenvalue weighted by molar-refractivity contribution is 6.08.